The van der Waals surface area contributed by atoms with Crippen molar-refractivity contribution in [1.29, 1.82) is 0 Å². The van der Waals surface area contributed by atoms with E-state index in [1.165, 1.54) is 17.0 Å². The Bertz CT molecular complexity index is 696. The van der Waals surface area contributed by atoms with Crippen LogP contribution >= 0.6 is 0 Å². The van der Waals surface area contributed by atoms with Gasteiger partial charge in [-0.25, -0.2) is 15.0 Å². The van der Waals surface area contributed by atoms with Gasteiger partial charge in [-0.1, -0.05) is 30.3 Å². The molecule has 2 unspecified atom stereocenters. The number of hydrogen-bond acceptors (Lipinski definition) is 5. The number of urea groups is 1. The Morgan fingerprint density at radius 1 is 1.32 bits per heavy atom. The summed E-state index contributed by atoms with van der Waals surface area (Å²) in [5.41, 5.74) is 2.73. The molecule has 1 heterocycles. The van der Waals surface area contributed by atoms with Gasteiger partial charge in [-0.2, -0.15) is 0 Å². The van der Waals surface area contributed by atoms with Crippen molar-refractivity contribution in [2.45, 2.75) is 51.1 Å². The van der Waals surface area contributed by atoms with E-state index >= 15 is 0 Å². The summed E-state index contributed by atoms with van der Waals surface area (Å²) in [5, 5.41) is 10.7. The van der Waals surface area contributed by atoms with Gasteiger partial charge in [0.05, 0.1) is 6.61 Å². The number of carboxylic acids is 1. The third-order valence-electron chi connectivity index (χ3n) is 5.10. The maximum absolute atomic E-state index is 12.8. The first-order valence-corrected chi connectivity index (χ1v) is 9.55. The number of rotatable bonds is 8. The summed E-state index contributed by atoms with van der Waals surface area (Å²) in [7, 11) is 1.50. The number of ether oxygens (including phenoxy) is 1. The normalized spacial score (nSPS) is 19.9. The molecule has 1 aliphatic rings. The van der Waals surface area contributed by atoms with Crippen LogP contribution in [0.3, 0.4) is 0 Å². The molecule has 2 atom stereocenters. The van der Waals surface area contributed by atoms with Crippen molar-refractivity contribution in [3.63, 3.8) is 0 Å². The van der Waals surface area contributed by atoms with Gasteiger partial charge in [0.2, 0.25) is 0 Å². The summed E-state index contributed by atoms with van der Waals surface area (Å²) >= 11 is 0. The zero-order valence-electron chi connectivity index (χ0n) is 16.7. The molecule has 0 bridgehead atoms. The lowest BCUT2D eigenvalue weighted by molar-refractivity contribution is -0.149. The van der Waals surface area contributed by atoms with Gasteiger partial charge in [-0.3, -0.25) is 9.80 Å². The zero-order valence-corrected chi connectivity index (χ0v) is 16.7. The molecule has 1 saturated heterocycles. The summed E-state index contributed by atoms with van der Waals surface area (Å²) in [4.78, 5) is 38.1. The second-order valence-electron chi connectivity index (χ2n) is 7.13. The van der Waals surface area contributed by atoms with Crippen LogP contribution < -0.4 is 5.43 Å². The Kier molecular flexibility index (Phi) is 7.39. The Hall–Kier alpha value is -2.61. The van der Waals surface area contributed by atoms with Crippen molar-refractivity contribution in [3.05, 3.63) is 35.9 Å². The molecule has 28 heavy (non-hydrogen) atoms. The SMILES string of the molecule is CCOC(=O)C(CCc1ccccc1)NN(C)C(=O)N1CCCC1(C)C(=O)O. The van der Waals surface area contributed by atoms with E-state index in [9.17, 15) is 19.5 Å². The van der Waals surface area contributed by atoms with Crippen molar-refractivity contribution in [2.75, 3.05) is 20.2 Å². The lowest BCUT2D eigenvalue weighted by Gasteiger charge is -2.35. The van der Waals surface area contributed by atoms with Crippen LogP contribution in [0, 0.1) is 0 Å². The van der Waals surface area contributed by atoms with Crippen molar-refractivity contribution in [2.24, 2.45) is 0 Å². The monoisotopic (exact) mass is 391 g/mol. The molecule has 0 aliphatic carbocycles. The fourth-order valence-electron chi connectivity index (χ4n) is 3.40. The minimum Gasteiger partial charge on any atom is -0.480 e. The van der Waals surface area contributed by atoms with Gasteiger partial charge < -0.3 is 14.7 Å². The predicted molar refractivity (Wildman–Crippen MR) is 103 cm³/mol. The molecule has 0 saturated carbocycles. The number of carbonyl (C=O) groups excluding carboxylic acids is 2. The third kappa shape index (κ3) is 5.01. The van der Waals surface area contributed by atoms with Gasteiger partial charge in [-0.05, 0) is 45.1 Å². The van der Waals surface area contributed by atoms with E-state index in [0.717, 1.165) is 5.56 Å². The molecule has 1 aromatic rings. The first-order valence-electron chi connectivity index (χ1n) is 9.55. The molecule has 1 fully saturated rings. The number of likely N-dealkylation sites (tertiary alicyclic amines) is 1. The topological polar surface area (TPSA) is 99.2 Å². The van der Waals surface area contributed by atoms with Gasteiger partial charge in [-0.15, -0.1) is 0 Å². The minimum atomic E-state index is -1.24. The van der Waals surface area contributed by atoms with Crippen molar-refractivity contribution in [1.82, 2.24) is 15.3 Å². The van der Waals surface area contributed by atoms with E-state index in [2.05, 4.69) is 5.43 Å². The number of nitrogens with zero attached hydrogens (tertiary/aromatic N) is 2. The number of hydrogen-bond donors (Lipinski definition) is 2. The summed E-state index contributed by atoms with van der Waals surface area (Å²) in [6, 6.07) is 8.53. The maximum Gasteiger partial charge on any atom is 0.335 e. The average Bonchev–Trinajstić information content (AvgIpc) is 3.08. The van der Waals surface area contributed by atoms with Gasteiger partial charge in [0, 0.05) is 13.6 Å². The highest BCUT2D eigenvalue weighted by atomic mass is 16.5. The van der Waals surface area contributed by atoms with Crippen LogP contribution in [0.25, 0.3) is 0 Å². The van der Waals surface area contributed by atoms with Gasteiger partial charge in [0.15, 0.2) is 0 Å². The van der Waals surface area contributed by atoms with Gasteiger partial charge in [0.25, 0.3) is 0 Å². The number of amides is 2. The summed E-state index contributed by atoms with van der Waals surface area (Å²) in [6.07, 6.45) is 2.10. The summed E-state index contributed by atoms with van der Waals surface area (Å²) in [6.45, 7) is 3.88. The number of hydrazine groups is 1. The fourth-order valence-corrected chi connectivity index (χ4v) is 3.40. The molecular formula is C20H29N3O5. The number of benzene rings is 1. The Labute approximate surface area is 165 Å². The van der Waals surface area contributed by atoms with Crippen molar-refractivity contribution >= 4 is 18.0 Å². The van der Waals surface area contributed by atoms with Crippen LogP contribution in [0.15, 0.2) is 30.3 Å². The molecule has 2 amide bonds. The van der Waals surface area contributed by atoms with Crippen LogP contribution in [0.5, 0.6) is 0 Å². The number of aryl methyl sites for hydroxylation is 1. The molecule has 2 rings (SSSR count). The molecule has 0 spiro atoms. The lowest BCUT2D eigenvalue weighted by atomic mass is 10.00. The molecule has 0 radical (unpaired) electrons. The lowest BCUT2D eigenvalue weighted by Crippen LogP contribution is -2.59. The van der Waals surface area contributed by atoms with E-state index in [4.69, 9.17) is 4.74 Å². The third-order valence-corrected chi connectivity index (χ3v) is 5.10. The predicted octanol–water partition coefficient (Wildman–Crippen LogP) is 2.05. The van der Waals surface area contributed by atoms with Crippen molar-refractivity contribution in [3.8, 4) is 0 Å². The van der Waals surface area contributed by atoms with E-state index < -0.39 is 29.6 Å². The van der Waals surface area contributed by atoms with Crippen molar-refractivity contribution < 1.29 is 24.2 Å². The first kappa shape index (κ1) is 21.7. The molecule has 2 N–H and O–H groups in total. The quantitative estimate of drug-likeness (QED) is 0.520. The number of carbonyl (C=O) groups is 3. The molecule has 8 nitrogen and oxygen atoms in total. The van der Waals surface area contributed by atoms with Crippen LogP contribution in [-0.4, -0.2) is 64.8 Å². The van der Waals surface area contributed by atoms with Crippen LogP contribution in [0.1, 0.15) is 38.7 Å². The van der Waals surface area contributed by atoms with Gasteiger partial charge >= 0.3 is 18.0 Å². The number of nitrogens with one attached hydrogen (secondary N) is 1. The second-order valence-corrected chi connectivity index (χ2v) is 7.13. The average molecular weight is 391 g/mol. The molecule has 154 valence electrons. The molecular weight excluding hydrogens is 362 g/mol. The van der Waals surface area contributed by atoms with Gasteiger partial charge in [0.1, 0.15) is 11.6 Å². The number of aliphatic carboxylic acids is 1. The van der Waals surface area contributed by atoms with Crippen LogP contribution in [0.4, 0.5) is 4.79 Å². The van der Waals surface area contributed by atoms with E-state index in [-0.39, 0.29) is 6.61 Å². The number of esters is 1. The van der Waals surface area contributed by atoms with Crippen LogP contribution in [-0.2, 0) is 20.7 Å². The second kappa shape index (κ2) is 9.54. The highest BCUT2D eigenvalue weighted by molar-refractivity contribution is 5.86. The van der Waals surface area contributed by atoms with E-state index in [1.54, 1.807) is 13.8 Å². The molecule has 1 aliphatic heterocycles. The highest BCUT2D eigenvalue weighted by Gasteiger charge is 2.47. The first-order chi connectivity index (χ1) is 13.3. The number of carboxylic acid groups (broad SMARTS) is 1. The Morgan fingerprint density at radius 3 is 2.61 bits per heavy atom. The molecule has 0 aromatic heterocycles. The molecule has 8 heteroatoms. The molecule has 1 aromatic carbocycles. The summed E-state index contributed by atoms with van der Waals surface area (Å²) < 4.78 is 5.13. The fraction of sp³-hybridized carbons (Fsp3) is 0.550. The summed E-state index contributed by atoms with van der Waals surface area (Å²) in [5.74, 6) is -1.47. The van der Waals surface area contributed by atoms with E-state index in [1.807, 2.05) is 30.3 Å². The smallest absolute Gasteiger partial charge is 0.335 e. The minimum absolute atomic E-state index is 0.239. The Balaban J connectivity index is 2.06. The standard InChI is InChI=1S/C20H29N3O5/c1-4-28-17(24)16(12-11-15-9-6-5-7-10-15)21-22(3)19(27)23-14-8-13-20(23,2)18(25)26/h5-7,9-10,16,21H,4,8,11-14H2,1-3H3,(H,25,26). The maximum atomic E-state index is 12.8. The van der Waals surface area contributed by atoms with Crippen LogP contribution in [0.2, 0.25) is 0 Å². The zero-order chi connectivity index (χ0) is 20.7. The highest BCUT2D eigenvalue weighted by Crippen LogP contribution is 2.30. The van der Waals surface area contributed by atoms with E-state index in [0.29, 0.717) is 32.2 Å². The Morgan fingerprint density at radius 2 is 2.00 bits per heavy atom. The largest absolute Gasteiger partial charge is 0.480 e.